The van der Waals surface area contributed by atoms with Crippen LogP contribution in [0.15, 0.2) is 12.1 Å². The molecule has 7 heteroatoms. The minimum atomic E-state index is 0. The molecule has 0 aromatic heterocycles. The molecule has 2 rings (SSSR count). The summed E-state index contributed by atoms with van der Waals surface area (Å²) in [6, 6.07) is 3.45. The summed E-state index contributed by atoms with van der Waals surface area (Å²) in [5, 5.41) is 14.6. The van der Waals surface area contributed by atoms with Gasteiger partial charge in [0.05, 0.1) is 5.02 Å². The Morgan fingerprint density at radius 1 is 1.24 bits per heavy atom. The van der Waals surface area contributed by atoms with Crippen LogP contribution in [0.5, 0.6) is 5.75 Å². The Bertz CT molecular complexity index is 416. The second-order valence-corrected chi connectivity index (χ2v) is 5.75. The zero-order valence-electron chi connectivity index (χ0n) is 11.9. The zero-order chi connectivity index (χ0) is 13.8. The van der Waals surface area contributed by atoms with Crippen LogP contribution in [0.3, 0.4) is 0 Å². The van der Waals surface area contributed by atoms with E-state index in [0.717, 1.165) is 44.6 Å². The Kier molecular flexibility index (Phi) is 10.0. The quantitative estimate of drug-likeness (QED) is 0.823. The van der Waals surface area contributed by atoms with Gasteiger partial charge in [0.1, 0.15) is 5.75 Å². The van der Waals surface area contributed by atoms with Gasteiger partial charge in [0.15, 0.2) is 0 Å². The molecule has 1 aromatic rings. The van der Waals surface area contributed by atoms with Gasteiger partial charge in [-0.25, -0.2) is 0 Å². The molecule has 0 bridgehead atoms. The fourth-order valence-corrected chi connectivity index (χ4v) is 3.29. The van der Waals surface area contributed by atoms with E-state index < -0.39 is 0 Å². The van der Waals surface area contributed by atoms with Gasteiger partial charge in [0.2, 0.25) is 0 Å². The molecule has 1 heterocycles. The summed E-state index contributed by atoms with van der Waals surface area (Å²) in [5.41, 5.74) is 0.815. The molecule has 122 valence electrons. The minimum absolute atomic E-state index is 0. The van der Waals surface area contributed by atoms with Crippen molar-refractivity contribution >= 4 is 48.0 Å². The molecule has 1 saturated heterocycles. The van der Waals surface area contributed by atoms with Gasteiger partial charge >= 0.3 is 0 Å². The van der Waals surface area contributed by atoms with E-state index in [4.69, 9.17) is 23.2 Å². The molecule has 1 fully saturated rings. The molecule has 1 aliphatic heterocycles. The lowest BCUT2D eigenvalue weighted by atomic mass is 9.98. The van der Waals surface area contributed by atoms with Gasteiger partial charge in [-0.1, -0.05) is 36.5 Å². The summed E-state index contributed by atoms with van der Waals surface area (Å²) < 4.78 is 0. The standard InChI is InChI=1S/C14H20Cl2N2O.2ClH/c1-2-3-12(18-6-4-17-5-7-18)14-11(16)8-10(15)9-13(14)19;;/h8-9,12,17,19H,2-7H2,1H3;2*1H/t12-;;/m1../s1. The van der Waals surface area contributed by atoms with Gasteiger partial charge in [0, 0.05) is 42.8 Å². The second kappa shape index (κ2) is 9.98. The Balaban J connectivity index is 0.00000200. The van der Waals surface area contributed by atoms with Gasteiger partial charge in [-0.15, -0.1) is 24.8 Å². The van der Waals surface area contributed by atoms with Crippen molar-refractivity contribution in [3.63, 3.8) is 0 Å². The van der Waals surface area contributed by atoms with Crippen LogP contribution in [0, 0.1) is 0 Å². The molecule has 0 spiro atoms. The molecule has 1 aromatic carbocycles. The molecule has 1 aliphatic rings. The first kappa shape index (κ1) is 21.1. The van der Waals surface area contributed by atoms with Crippen LogP contribution in [0.4, 0.5) is 0 Å². The summed E-state index contributed by atoms with van der Waals surface area (Å²) in [6.45, 7) is 6.06. The normalized spacial score (nSPS) is 16.7. The van der Waals surface area contributed by atoms with Gasteiger partial charge in [0.25, 0.3) is 0 Å². The maximum absolute atomic E-state index is 10.2. The third-order valence-corrected chi connectivity index (χ3v) is 4.09. The number of benzene rings is 1. The van der Waals surface area contributed by atoms with E-state index in [1.807, 2.05) is 0 Å². The number of halogens is 4. The number of phenols is 1. The number of hydrogen-bond donors (Lipinski definition) is 2. The number of piperazine rings is 1. The van der Waals surface area contributed by atoms with Crippen molar-refractivity contribution in [1.29, 1.82) is 0 Å². The molecule has 0 amide bonds. The summed E-state index contributed by atoms with van der Waals surface area (Å²) in [6.07, 6.45) is 2.03. The lowest BCUT2D eigenvalue weighted by molar-refractivity contribution is 0.162. The van der Waals surface area contributed by atoms with Crippen LogP contribution >= 0.6 is 48.0 Å². The van der Waals surface area contributed by atoms with Gasteiger partial charge in [-0.2, -0.15) is 0 Å². The molecule has 0 unspecified atom stereocenters. The predicted octanol–water partition coefficient (Wildman–Crippen LogP) is 4.29. The highest BCUT2D eigenvalue weighted by Crippen LogP contribution is 2.39. The number of phenolic OH excluding ortho intramolecular Hbond substituents is 1. The van der Waals surface area contributed by atoms with E-state index in [2.05, 4.69) is 17.1 Å². The highest BCUT2D eigenvalue weighted by Gasteiger charge is 2.26. The molecule has 0 aliphatic carbocycles. The summed E-state index contributed by atoms with van der Waals surface area (Å²) in [7, 11) is 0. The Morgan fingerprint density at radius 2 is 1.86 bits per heavy atom. The lowest BCUT2D eigenvalue weighted by Crippen LogP contribution is -2.45. The smallest absolute Gasteiger partial charge is 0.123 e. The third kappa shape index (κ3) is 5.34. The SMILES string of the molecule is CCC[C@H](c1c(O)cc(Cl)cc1Cl)N1CCNCC1.Cl.Cl. The highest BCUT2D eigenvalue weighted by atomic mass is 35.5. The van der Waals surface area contributed by atoms with Gasteiger partial charge in [-0.05, 0) is 18.6 Å². The van der Waals surface area contributed by atoms with Crippen LogP contribution in [-0.4, -0.2) is 36.2 Å². The summed E-state index contributed by atoms with van der Waals surface area (Å²) in [5.74, 6) is 0.203. The zero-order valence-corrected chi connectivity index (χ0v) is 15.1. The number of rotatable bonds is 4. The first-order chi connectivity index (χ1) is 9.13. The molecule has 21 heavy (non-hydrogen) atoms. The predicted molar refractivity (Wildman–Crippen MR) is 94.7 cm³/mol. The number of nitrogens with zero attached hydrogens (tertiary/aromatic N) is 1. The van der Waals surface area contributed by atoms with Crippen molar-refractivity contribution in [3.05, 3.63) is 27.7 Å². The van der Waals surface area contributed by atoms with Gasteiger partial charge in [-0.3, -0.25) is 4.90 Å². The minimum Gasteiger partial charge on any atom is -0.508 e. The maximum Gasteiger partial charge on any atom is 0.123 e. The number of nitrogens with one attached hydrogen (secondary N) is 1. The van der Waals surface area contributed by atoms with Crippen molar-refractivity contribution < 1.29 is 5.11 Å². The van der Waals surface area contributed by atoms with E-state index in [-0.39, 0.29) is 36.6 Å². The van der Waals surface area contributed by atoms with Crippen molar-refractivity contribution in [2.24, 2.45) is 0 Å². The van der Waals surface area contributed by atoms with Crippen LogP contribution in [0.25, 0.3) is 0 Å². The fourth-order valence-electron chi connectivity index (χ4n) is 2.68. The first-order valence-electron chi connectivity index (χ1n) is 6.76. The molecule has 0 saturated carbocycles. The van der Waals surface area contributed by atoms with E-state index in [9.17, 15) is 5.11 Å². The molecule has 3 nitrogen and oxygen atoms in total. The van der Waals surface area contributed by atoms with Crippen molar-refractivity contribution in [2.45, 2.75) is 25.8 Å². The summed E-state index contributed by atoms with van der Waals surface area (Å²) in [4.78, 5) is 2.38. The van der Waals surface area contributed by atoms with Crippen molar-refractivity contribution in [1.82, 2.24) is 10.2 Å². The average molecular weight is 376 g/mol. The first-order valence-corrected chi connectivity index (χ1v) is 7.51. The Labute approximate surface area is 148 Å². The Hall–Kier alpha value is 0.1000. The van der Waals surface area contributed by atoms with E-state index in [1.165, 1.54) is 0 Å². The molecule has 1 atom stereocenters. The summed E-state index contributed by atoms with van der Waals surface area (Å²) >= 11 is 12.2. The average Bonchev–Trinajstić information content (AvgIpc) is 2.37. The van der Waals surface area contributed by atoms with E-state index >= 15 is 0 Å². The van der Waals surface area contributed by atoms with Crippen LogP contribution in [0.1, 0.15) is 31.4 Å². The molecular weight excluding hydrogens is 354 g/mol. The Morgan fingerprint density at radius 3 is 2.38 bits per heavy atom. The fraction of sp³-hybridized carbons (Fsp3) is 0.571. The van der Waals surface area contributed by atoms with E-state index in [1.54, 1.807) is 12.1 Å². The third-order valence-electron chi connectivity index (χ3n) is 3.56. The van der Waals surface area contributed by atoms with Crippen LogP contribution in [-0.2, 0) is 0 Å². The highest BCUT2D eigenvalue weighted by molar-refractivity contribution is 6.35. The monoisotopic (exact) mass is 374 g/mol. The van der Waals surface area contributed by atoms with Crippen LogP contribution in [0.2, 0.25) is 10.0 Å². The molecule has 0 radical (unpaired) electrons. The lowest BCUT2D eigenvalue weighted by Gasteiger charge is -2.35. The van der Waals surface area contributed by atoms with Crippen LogP contribution < -0.4 is 5.32 Å². The van der Waals surface area contributed by atoms with Crippen molar-refractivity contribution in [3.8, 4) is 5.75 Å². The number of hydrogen-bond acceptors (Lipinski definition) is 3. The van der Waals surface area contributed by atoms with E-state index in [0.29, 0.717) is 10.0 Å². The molecule has 2 N–H and O–H groups in total. The van der Waals surface area contributed by atoms with Crippen molar-refractivity contribution in [2.75, 3.05) is 26.2 Å². The van der Waals surface area contributed by atoms with Gasteiger partial charge < -0.3 is 10.4 Å². The largest absolute Gasteiger partial charge is 0.508 e. The maximum atomic E-state index is 10.2. The number of aromatic hydroxyl groups is 1. The topological polar surface area (TPSA) is 35.5 Å². The second-order valence-electron chi connectivity index (χ2n) is 4.91. The molecular formula is C14H22Cl4N2O.